The molecule has 1 heterocycles. The van der Waals surface area contributed by atoms with Crippen LogP contribution in [0, 0.1) is 0 Å². The number of amides is 1. The number of hydrogen-bond donors (Lipinski definition) is 1. The zero-order valence-corrected chi connectivity index (χ0v) is 13.7. The first-order chi connectivity index (χ1) is 10.6. The summed E-state index contributed by atoms with van der Waals surface area (Å²) < 4.78 is 0. The second-order valence-corrected chi connectivity index (χ2v) is 6.15. The summed E-state index contributed by atoms with van der Waals surface area (Å²) in [7, 11) is 4.28. The number of likely N-dealkylation sites (N-methyl/N-ethyl adjacent to an activating group) is 2. The van der Waals surface area contributed by atoms with Gasteiger partial charge in [0.1, 0.15) is 0 Å². The number of nitrogens with one attached hydrogen (secondary N) is 1. The average Bonchev–Trinajstić information content (AvgIpc) is 2.51. The molecule has 0 spiro atoms. The monoisotopic (exact) mass is 301 g/mol. The first-order valence-corrected chi connectivity index (χ1v) is 7.93. The minimum atomic E-state index is 0.0918. The first-order valence-electron chi connectivity index (χ1n) is 7.93. The minimum absolute atomic E-state index is 0.0918. The van der Waals surface area contributed by atoms with Crippen LogP contribution in [0.5, 0.6) is 0 Å². The van der Waals surface area contributed by atoms with E-state index >= 15 is 0 Å². The van der Waals surface area contributed by atoms with Crippen molar-refractivity contribution < 1.29 is 4.79 Å². The Morgan fingerprint density at radius 1 is 1.45 bits per heavy atom. The molecule has 0 radical (unpaired) electrons. The Balaban J connectivity index is 1.80. The molecular weight excluding hydrogens is 274 g/mol. The third kappa shape index (κ3) is 4.68. The van der Waals surface area contributed by atoms with Crippen LogP contribution < -0.4 is 5.32 Å². The number of benzene rings is 1. The van der Waals surface area contributed by atoms with Crippen molar-refractivity contribution in [2.75, 3.05) is 33.7 Å². The van der Waals surface area contributed by atoms with Gasteiger partial charge in [-0.25, -0.2) is 0 Å². The van der Waals surface area contributed by atoms with Crippen molar-refractivity contribution in [3.05, 3.63) is 48.0 Å². The van der Waals surface area contributed by atoms with Gasteiger partial charge in [0.25, 0.3) is 0 Å². The summed E-state index contributed by atoms with van der Waals surface area (Å²) in [6.45, 7) is 6.93. The molecule has 1 aliphatic heterocycles. The summed E-state index contributed by atoms with van der Waals surface area (Å²) in [4.78, 5) is 16.3. The average molecular weight is 301 g/mol. The maximum Gasteiger partial charge on any atom is 0.221 e. The smallest absolute Gasteiger partial charge is 0.221 e. The highest BCUT2D eigenvalue weighted by atomic mass is 16.1. The predicted octanol–water partition coefficient (Wildman–Crippen LogP) is 1.67. The summed E-state index contributed by atoms with van der Waals surface area (Å²) >= 11 is 0. The van der Waals surface area contributed by atoms with Crippen LogP contribution >= 0.6 is 0 Å². The number of rotatable bonds is 7. The van der Waals surface area contributed by atoms with Gasteiger partial charge in [0.2, 0.25) is 5.91 Å². The van der Waals surface area contributed by atoms with Gasteiger partial charge in [-0.05, 0) is 31.6 Å². The van der Waals surface area contributed by atoms with Gasteiger partial charge in [0.15, 0.2) is 0 Å². The number of carbonyl (C=O) groups is 1. The van der Waals surface area contributed by atoms with Crippen molar-refractivity contribution in [2.45, 2.75) is 25.4 Å². The van der Waals surface area contributed by atoms with Crippen LogP contribution in [-0.2, 0) is 17.8 Å². The van der Waals surface area contributed by atoms with E-state index in [1.54, 1.807) is 6.08 Å². The summed E-state index contributed by atoms with van der Waals surface area (Å²) in [6.07, 6.45) is 3.33. The molecule has 1 aromatic rings. The molecule has 4 heteroatoms. The fourth-order valence-corrected chi connectivity index (χ4v) is 2.94. The molecule has 0 fully saturated rings. The van der Waals surface area contributed by atoms with Crippen LogP contribution in [0.2, 0.25) is 0 Å². The molecule has 22 heavy (non-hydrogen) atoms. The lowest BCUT2D eigenvalue weighted by Gasteiger charge is -2.36. The molecule has 1 aliphatic rings. The predicted molar refractivity (Wildman–Crippen MR) is 90.7 cm³/mol. The molecule has 0 aliphatic carbocycles. The normalized spacial score (nSPS) is 18.0. The van der Waals surface area contributed by atoms with E-state index in [0.717, 1.165) is 26.1 Å². The number of nitrogens with zero attached hydrogens (tertiary/aromatic N) is 2. The van der Waals surface area contributed by atoms with Crippen LogP contribution in [0.25, 0.3) is 0 Å². The molecule has 2 rings (SSSR count). The van der Waals surface area contributed by atoms with Crippen molar-refractivity contribution in [3.63, 3.8) is 0 Å². The van der Waals surface area contributed by atoms with Gasteiger partial charge in [-0.1, -0.05) is 30.3 Å². The van der Waals surface area contributed by atoms with Crippen molar-refractivity contribution in [1.29, 1.82) is 0 Å². The van der Waals surface area contributed by atoms with Gasteiger partial charge in [-0.3, -0.25) is 9.69 Å². The number of hydrogen-bond acceptors (Lipinski definition) is 3. The van der Waals surface area contributed by atoms with Crippen LogP contribution in [0.3, 0.4) is 0 Å². The fraction of sp³-hybridized carbons (Fsp3) is 0.500. The van der Waals surface area contributed by atoms with Crippen LogP contribution in [0.4, 0.5) is 0 Å². The van der Waals surface area contributed by atoms with Gasteiger partial charge >= 0.3 is 0 Å². The van der Waals surface area contributed by atoms with E-state index in [0.29, 0.717) is 19.0 Å². The lowest BCUT2D eigenvalue weighted by molar-refractivity contribution is -0.121. The summed E-state index contributed by atoms with van der Waals surface area (Å²) in [5, 5.41) is 2.82. The fourth-order valence-electron chi connectivity index (χ4n) is 2.94. The molecule has 120 valence electrons. The van der Waals surface area contributed by atoms with E-state index in [2.05, 4.69) is 60.1 Å². The Kier molecular flexibility index (Phi) is 6.16. The standard InChI is InChI=1S/C18H27N3O/c1-4-10-19-18(22)9-11-20(2)14-17-12-15-7-5-6-8-16(15)13-21(17)3/h4-8,17H,1,9-14H2,2-3H3,(H,19,22)/t17-/m0/s1. The topological polar surface area (TPSA) is 35.6 Å². The van der Waals surface area contributed by atoms with E-state index in [-0.39, 0.29) is 5.91 Å². The van der Waals surface area contributed by atoms with Crippen molar-refractivity contribution in [3.8, 4) is 0 Å². The molecule has 4 nitrogen and oxygen atoms in total. The maximum atomic E-state index is 11.6. The molecule has 0 unspecified atom stereocenters. The van der Waals surface area contributed by atoms with E-state index in [9.17, 15) is 4.79 Å². The number of fused-ring (bicyclic) bond motifs is 1. The lowest BCUT2D eigenvalue weighted by atomic mass is 9.94. The van der Waals surface area contributed by atoms with E-state index < -0.39 is 0 Å². The van der Waals surface area contributed by atoms with Crippen molar-refractivity contribution in [2.24, 2.45) is 0 Å². The van der Waals surface area contributed by atoms with Crippen LogP contribution in [0.15, 0.2) is 36.9 Å². The molecule has 1 N–H and O–H groups in total. The van der Waals surface area contributed by atoms with Crippen LogP contribution in [0.1, 0.15) is 17.5 Å². The Bertz CT molecular complexity index is 515. The Morgan fingerprint density at radius 2 is 2.18 bits per heavy atom. The summed E-state index contributed by atoms with van der Waals surface area (Å²) in [6, 6.07) is 9.19. The zero-order chi connectivity index (χ0) is 15.9. The third-order valence-electron chi connectivity index (χ3n) is 4.30. The van der Waals surface area contributed by atoms with Gasteiger partial charge in [0.05, 0.1) is 0 Å². The lowest BCUT2D eigenvalue weighted by Crippen LogP contribution is -2.45. The van der Waals surface area contributed by atoms with Gasteiger partial charge in [-0.15, -0.1) is 6.58 Å². The van der Waals surface area contributed by atoms with Crippen molar-refractivity contribution >= 4 is 5.91 Å². The molecule has 0 aromatic heterocycles. The van der Waals surface area contributed by atoms with E-state index in [4.69, 9.17) is 0 Å². The minimum Gasteiger partial charge on any atom is -0.353 e. The van der Waals surface area contributed by atoms with Gasteiger partial charge in [-0.2, -0.15) is 0 Å². The molecular formula is C18H27N3O. The zero-order valence-electron chi connectivity index (χ0n) is 13.7. The molecule has 0 saturated heterocycles. The number of carbonyl (C=O) groups excluding carboxylic acids is 1. The summed E-state index contributed by atoms with van der Waals surface area (Å²) in [5.74, 6) is 0.0918. The third-order valence-corrected chi connectivity index (χ3v) is 4.30. The molecule has 0 saturated carbocycles. The molecule has 0 bridgehead atoms. The van der Waals surface area contributed by atoms with Gasteiger partial charge in [0, 0.05) is 38.6 Å². The Hall–Kier alpha value is -1.65. The quantitative estimate of drug-likeness (QED) is 0.778. The Morgan fingerprint density at radius 3 is 2.91 bits per heavy atom. The summed E-state index contributed by atoms with van der Waals surface area (Å²) in [5.41, 5.74) is 2.90. The van der Waals surface area contributed by atoms with Crippen molar-refractivity contribution in [1.82, 2.24) is 15.1 Å². The SMILES string of the molecule is C=CCNC(=O)CCN(C)C[C@@H]1Cc2ccccc2CN1C. The molecule has 1 atom stereocenters. The van der Waals surface area contributed by atoms with E-state index in [1.807, 2.05) is 0 Å². The highest BCUT2D eigenvalue weighted by Gasteiger charge is 2.23. The van der Waals surface area contributed by atoms with Gasteiger partial charge < -0.3 is 10.2 Å². The Labute approximate surface area is 133 Å². The second-order valence-electron chi connectivity index (χ2n) is 6.15. The van der Waals surface area contributed by atoms with E-state index in [1.165, 1.54) is 11.1 Å². The highest BCUT2D eigenvalue weighted by molar-refractivity contribution is 5.76. The molecule has 1 amide bonds. The first kappa shape index (κ1) is 16.7. The van der Waals surface area contributed by atoms with Crippen LogP contribution in [-0.4, -0.2) is 55.5 Å². The maximum absolute atomic E-state index is 11.6. The molecule has 1 aromatic carbocycles. The largest absolute Gasteiger partial charge is 0.353 e. The highest BCUT2D eigenvalue weighted by Crippen LogP contribution is 2.22. The second kappa shape index (κ2) is 8.11.